The quantitative estimate of drug-likeness (QED) is 0.836. The van der Waals surface area contributed by atoms with Gasteiger partial charge in [-0.1, -0.05) is 29.8 Å². The fraction of sp³-hybridized carbons (Fsp3) is 0.500. The van der Waals surface area contributed by atoms with Crippen molar-refractivity contribution in [2.45, 2.75) is 38.8 Å². The van der Waals surface area contributed by atoms with Crippen molar-refractivity contribution in [2.75, 3.05) is 31.5 Å². The molecule has 0 aliphatic carbocycles. The number of nitrogens with zero attached hydrogens (tertiary/aromatic N) is 4. The minimum absolute atomic E-state index is 0.0665. The van der Waals surface area contributed by atoms with Gasteiger partial charge in [-0.15, -0.1) is 0 Å². The SMILES string of the molecule is Cc1ccc(CN2CC[C@@H](N3CCC(CNc4ncccn4)CC3)C2=O)cc1. The standard InChI is InChI=1S/C22H29N5O/c1-17-3-5-19(6-4-17)16-27-14-9-20(21(27)28)26-12-7-18(8-13-26)15-25-22-23-10-2-11-24-22/h2-6,10-11,18,20H,7-9,12-16H2,1H3,(H,23,24,25)/t20-/m1/s1. The highest BCUT2D eigenvalue weighted by molar-refractivity contribution is 5.84. The lowest BCUT2D eigenvalue weighted by Crippen LogP contribution is -2.46. The van der Waals surface area contributed by atoms with Crippen molar-refractivity contribution in [3.63, 3.8) is 0 Å². The number of aromatic nitrogens is 2. The zero-order valence-electron chi connectivity index (χ0n) is 16.6. The van der Waals surface area contributed by atoms with Gasteiger partial charge in [-0.2, -0.15) is 0 Å². The monoisotopic (exact) mass is 379 g/mol. The van der Waals surface area contributed by atoms with E-state index in [0.717, 1.165) is 52.0 Å². The van der Waals surface area contributed by atoms with E-state index in [2.05, 4.69) is 51.4 Å². The molecule has 1 aromatic carbocycles. The maximum atomic E-state index is 12.9. The van der Waals surface area contributed by atoms with E-state index in [4.69, 9.17) is 0 Å². The van der Waals surface area contributed by atoms with E-state index in [1.165, 1.54) is 11.1 Å². The first kappa shape index (κ1) is 18.9. The second-order valence-corrected chi connectivity index (χ2v) is 7.98. The van der Waals surface area contributed by atoms with E-state index in [0.29, 0.717) is 17.8 Å². The number of nitrogens with one attached hydrogen (secondary N) is 1. The molecule has 2 aliphatic rings. The summed E-state index contributed by atoms with van der Waals surface area (Å²) in [5.41, 5.74) is 2.47. The molecule has 0 unspecified atom stereocenters. The molecule has 0 radical (unpaired) electrons. The van der Waals surface area contributed by atoms with Crippen molar-refractivity contribution in [3.05, 3.63) is 53.9 Å². The number of piperidine rings is 1. The third-order valence-electron chi connectivity index (χ3n) is 5.97. The van der Waals surface area contributed by atoms with Crippen molar-refractivity contribution >= 4 is 11.9 Å². The van der Waals surface area contributed by atoms with Gasteiger partial charge in [-0.25, -0.2) is 9.97 Å². The topological polar surface area (TPSA) is 61.4 Å². The number of carbonyl (C=O) groups excluding carboxylic acids is 1. The number of anilines is 1. The van der Waals surface area contributed by atoms with Crippen LogP contribution in [0.1, 0.15) is 30.4 Å². The van der Waals surface area contributed by atoms with Crippen LogP contribution in [-0.4, -0.2) is 57.9 Å². The van der Waals surface area contributed by atoms with Crippen LogP contribution >= 0.6 is 0 Å². The van der Waals surface area contributed by atoms with Gasteiger partial charge in [0.15, 0.2) is 0 Å². The maximum absolute atomic E-state index is 12.9. The Bertz CT molecular complexity index is 771. The summed E-state index contributed by atoms with van der Waals surface area (Å²) in [4.78, 5) is 25.8. The average molecular weight is 380 g/mol. The molecule has 3 heterocycles. The van der Waals surface area contributed by atoms with Crippen LogP contribution in [0.4, 0.5) is 5.95 Å². The summed E-state index contributed by atoms with van der Waals surface area (Å²) in [5.74, 6) is 1.61. The molecule has 1 N–H and O–H groups in total. The van der Waals surface area contributed by atoms with Crippen LogP contribution in [0.2, 0.25) is 0 Å². The summed E-state index contributed by atoms with van der Waals surface area (Å²) in [5, 5.41) is 3.33. The first-order valence-corrected chi connectivity index (χ1v) is 10.3. The molecule has 4 rings (SSSR count). The van der Waals surface area contributed by atoms with Crippen molar-refractivity contribution < 1.29 is 4.79 Å². The lowest BCUT2D eigenvalue weighted by atomic mass is 9.95. The Morgan fingerprint density at radius 2 is 1.75 bits per heavy atom. The molecule has 0 spiro atoms. The van der Waals surface area contributed by atoms with Gasteiger partial charge < -0.3 is 10.2 Å². The predicted molar refractivity (Wildman–Crippen MR) is 110 cm³/mol. The highest BCUT2D eigenvalue weighted by Crippen LogP contribution is 2.25. The third kappa shape index (κ3) is 4.50. The largest absolute Gasteiger partial charge is 0.354 e. The van der Waals surface area contributed by atoms with Gasteiger partial charge in [0.05, 0.1) is 6.04 Å². The zero-order chi connectivity index (χ0) is 19.3. The summed E-state index contributed by atoms with van der Waals surface area (Å²) in [6.45, 7) is 6.58. The third-order valence-corrected chi connectivity index (χ3v) is 5.97. The molecule has 2 aromatic rings. The van der Waals surface area contributed by atoms with E-state index < -0.39 is 0 Å². The Labute approximate surface area is 167 Å². The van der Waals surface area contributed by atoms with Crippen LogP contribution in [0.5, 0.6) is 0 Å². The van der Waals surface area contributed by atoms with Gasteiger partial charge in [-0.3, -0.25) is 9.69 Å². The normalized spacial score (nSPS) is 21.2. The molecular weight excluding hydrogens is 350 g/mol. The van der Waals surface area contributed by atoms with Crippen molar-refractivity contribution in [1.29, 1.82) is 0 Å². The van der Waals surface area contributed by atoms with Gasteiger partial charge >= 0.3 is 0 Å². The Morgan fingerprint density at radius 1 is 1.04 bits per heavy atom. The van der Waals surface area contributed by atoms with Crippen molar-refractivity contribution in [1.82, 2.24) is 19.8 Å². The maximum Gasteiger partial charge on any atom is 0.240 e. The second kappa shape index (κ2) is 8.69. The first-order valence-electron chi connectivity index (χ1n) is 10.3. The zero-order valence-corrected chi connectivity index (χ0v) is 16.6. The van der Waals surface area contributed by atoms with E-state index in [9.17, 15) is 4.79 Å². The molecule has 1 amide bonds. The summed E-state index contributed by atoms with van der Waals surface area (Å²) in [6, 6.07) is 10.4. The fourth-order valence-corrected chi connectivity index (χ4v) is 4.23. The Hall–Kier alpha value is -2.47. The van der Waals surface area contributed by atoms with Gasteiger partial charge in [0, 0.05) is 32.0 Å². The number of amides is 1. The lowest BCUT2D eigenvalue weighted by molar-refractivity contribution is -0.133. The second-order valence-electron chi connectivity index (χ2n) is 7.98. The molecule has 6 heteroatoms. The summed E-state index contributed by atoms with van der Waals surface area (Å²) >= 11 is 0. The number of hydrogen-bond acceptors (Lipinski definition) is 5. The number of benzene rings is 1. The number of carbonyl (C=O) groups is 1. The smallest absolute Gasteiger partial charge is 0.240 e. The Morgan fingerprint density at radius 3 is 2.46 bits per heavy atom. The molecular formula is C22H29N5O. The molecule has 2 aliphatic heterocycles. The molecule has 2 saturated heterocycles. The number of hydrogen-bond donors (Lipinski definition) is 1. The van der Waals surface area contributed by atoms with Crippen LogP contribution in [0.25, 0.3) is 0 Å². The van der Waals surface area contributed by atoms with Crippen molar-refractivity contribution in [3.8, 4) is 0 Å². The predicted octanol–water partition coefficient (Wildman–Crippen LogP) is 2.71. The van der Waals surface area contributed by atoms with Crippen LogP contribution in [-0.2, 0) is 11.3 Å². The van der Waals surface area contributed by atoms with E-state index in [1.54, 1.807) is 12.4 Å². The highest BCUT2D eigenvalue weighted by atomic mass is 16.2. The van der Waals surface area contributed by atoms with Gasteiger partial charge in [0.25, 0.3) is 0 Å². The summed E-state index contributed by atoms with van der Waals surface area (Å²) in [7, 11) is 0. The van der Waals surface area contributed by atoms with Crippen LogP contribution in [0.15, 0.2) is 42.7 Å². The average Bonchev–Trinajstić information content (AvgIpc) is 3.09. The molecule has 2 fully saturated rings. The number of likely N-dealkylation sites (tertiary alicyclic amines) is 2. The Kier molecular flexibility index (Phi) is 5.86. The number of aryl methyl sites for hydroxylation is 1. The van der Waals surface area contributed by atoms with E-state index in [-0.39, 0.29) is 6.04 Å². The highest BCUT2D eigenvalue weighted by Gasteiger charge is 2.37. The van der Waals surface area contributed by atoms with Gasteiger partial charge in [-0.05, 0) is 56.8 Å². The number of rotatable bonds is 6. The minimum atomic E-state index is 0.0665. The van der Waals surface area contributed by atoms with E-state index >= 15 is 0 Å². The molecule has 0 saturated carbocycles. The lowest BCUT2D eigenvalue weighted by Gasteiger charge is -2.35. The van der Waals surface area contributed by atoms with Gasteiger partial charge in [0.2, 0.25) is 11.9 Å². The van der Waals surface area contributed by atoms with Crippen LogP contribution in [0, 0.1) is 12.8 Å². The Balaban J connectivity index is 1.24. The summed E-state index contributed by atoms with van der Waals surface area (Å²) in [6.07, 6.45) is 6.69. The summed E-state index contributed by atoms with van der Waals surface area (Å²) < 4.78 is 0. The fourth-order valence-electron chi connectivity index (χ4n) is 4.23. The molecule has 1 atom stereocenters. The van der Waals surface area contributed by atoms with Crippen molar-refractivity contribution in [2.24, 2.45) is 5.92 Å². The molecule has 148 valence electrons. The molecule has 6 nitrogen and oxygen atoms in total. The molecule has 0 bridgehead atoms. The van der Waals surface area contributed by atoms with E-state index in [1.807, 2.05) is 11.0 Å². The molecule has 1 aromatic heterocycles. The molecule has 28 heavy (non-hydrogen) atoms. The first-order chi connectivity index (χ1) is 13.7. The van der Waals surface area contributed by atoms with Crippen LogP contribution < -0.4 is 5.32 Å². The minimum Gasteiger partial charge on any atom is -0.354 e. The van der Waals surface area contributed by atoms with Gasteiger partial charge in [0.1, 0.15) is 0 Å². The van der Waals surface area contributed by atoms with Crippen LogP contribution in [0.3, 0.4) is 0 Å².